The minimum atomic E-state index is -0.592. The van der Waals surface area contributed by atoms with Gasteiger partial charge in [0, 0.05) is 26.0 Å². The molecule has 6 heteroatoms. The molecule has 2 heterocycles. The standard InChI is InChI=1S/C24H23N3O3/c1-16-23(28)26(2)22-14-19(18-9-11-25-12-10-18)7-8-21(22)24(29)27(16)15-17-5-4-6-20(13-17)30-3/h4-14,16H,15H2,1-3H3/t16-/m0/s1. The zero-order valence-electron chi connectivity index (χ0n) is 17.2. The average Bonchev–Trinajstić information content (AvgIpc) is 2.86. The number of carbonyl (C=O) groups excluding carboxylic acids is 2. The highest BCUT2D eigenvalue weighted by molar-refractivity contribution is 6.11. The number of aromatic nitrogens is 1. The molecule has 1 aliphatic rings. The lowest BCUT2D eigenvalue weighted by atomic mass is 10.0. The van der Waals surface area contributed by atoms with Crippen LogP contribution in [-0.2, 0) is 11.3 Å². The van der Waals surface area contributed by atoms with Gasteiger partial charge >= 0.3 is 0 Å². The fraction of sp³-hybridized carbons (Fsp3) is 0.208. The van der Waals surface area contributed by atoms with Crippen LogP contribution < -0.4 is 9.64 Å². The molecule has 6 nitrogen and oxygen atoms in total. The molecule has 1 aliphatic heterocycles. The van der Waals surface area contributed by atoms with E-state index < -0.39 is 6.04 Å². The molecule has 3 aromatic rings. The number of carbonyl (C=O) groups is 2. The smallest absolute Gasteiger partial charge is 0.256 e. The van der Waals surface area contributed by atoms with E-state index in [0.717, 1.165) is 16.7 Å². The van der Waals surface area contributed by atoms with Crippen LogP contribution in [0.25, 0.3) is 11.1 Å². The SMILES string of the molecule is COc1cccc(CN2C(=O)c3ccc(-c4ccncc4)cc3N(C)C(=O)[C@@H]2C)c1. The molecular formula is C24H23N3O3. The van der Waals surface area contributed by atoms with Crippen molar-refractivity contribution in [2.24, 2.45) is 0 Å². The molecule has 0 fully saturated rings. The lowest BCUT2D eigenvalue weighted by molar-refractivity contribution is -0.122. The first-order valence-corrected chi connectivity index (χ1v) is 9.75. The van der Waals surface area contributed by atoms with Crippen molar-refractivity contribution in [3.05, 3.63) is 78.1 Å². The van der Waals surface area contributed by atoms with Crippen molar-refractivity contribution >= 4 is 17.5 Å². The summed E-state index contributed by atoms with van der Waals surface area (Å²) in [6.07, 6.45) is 3.44. The second kappa shape index (κ2) is 7.99. The number of rotatable bonds is 4. The minimum absolute atomic E-state index is 0.128. The molecule has 0 saturated carbocycles. The van der Waals surface area contributed by atoms with Gasteiger partial charge in [0.1, 0.15) is 11.8 Å². The number of fused-ring (bicyclic) bond motifs is 1. The van der Waals surface area contributed by atoms with Gasteiger partial charge in [-0.15, -0.1) is 0 Å². The van der Waals surface area contributed by atoms with Crippen LogP contribution in [0.15, 0.2) is 67.0 Å². The first kappa shape index (κ1) is 19.6. The van der Waals surface area contributed by atoms with Crippen molar-refractivity contribution in [1.82, 2.24) is 9.88 Å². The second-order valence-corrected chi connectivity index (χ2v) is 7.33. The molecule has 0 bridgehead atoms. The third-order valence-electron chi connectivity index (χ3n) is 5.51. The highest BCUT2D eigenvalue weighted by Gasteiger charge is 2.35. The first-order valence-electron chi connectivity index (χ1n) is 9.75. The molecule has 2 aromatic carbocycles. The summed E-state index contributed by atoms with van der Waals surface area (Å²) in [5.41, 5.74) is 3.93. The summed E-state index contributed by atoms with van der Waals surface area (Å²) in [7, 11) is 3.32. The van der Waals surface area contributed by atoms with Gasteiger partial charge < -0.3 is 14.5 Å². The fourth-order valence-corrected chi connectivity index (χ4v) is 3.75. The van der Waals surface area contributed by atoms with Crippen LogP contribution in [0, 0.1) is 0 Å². The predicted molar refractivity (Wildman–Crippen MR) is 115 cm³/mol. The number of hydrogen-bond donors (Lipinski definition) is 0. The van der Waals surface area contributed by atoms with Crippen molar-refractivity contribution < 1.29 is 14.3 Å². The van der Waals surface area contributed by atoms with Gasteiger partial charge in [0.25, 0.3) is 5.91 Å². The van der Waals surface area contributed by atoms with E-state index in [-0.39, 0.29) is 11.8 Å². The Morgan fingerprint density at radius 1 is 1.00 bits per heavy atom. The summed E-state index contributed by atoms with van der Waals surface area (Å²) in [5, 5.41) is 0. The van der Waals surface area contributed by atoms with E-state index in [4.69, 9.17) is 4.74 Å². The lowest BCUT2D eigenvalue weighted by Gasteiger charge is -2.27. The zero-order chi connectivity index (χ0) is 21.3. The normalized spacial score (nSPS) is 16.3. The maximum Gasteiger partial charge on any atom is 0.256 e. The molecule has 4 rings (SSSR count). The number of nitrogens with zero attached hydrogens (tertiary/aromatic N) is 3. The molecule has 0 aliphatic carbocycles. The number of benzene rings is 2. The highest BCUT2D eigenvalue weighted by Crippen LogP contribution is 2.32. The Morgan fingerprint density at radius 2 is 1.77 bits per heavy atom. The molecule has 2 amide bonds. The summed E-state index contributed by atoms with van der Waals surface area (Å²) in [4.78, 5) is 33.8. The third-order valence-corrected chi connectivity index (χ3v) is 5.51. The van der Waals surface area contributed by atoms with E-state index in [1.54, 1.807) is 49.3 Å². The van der Waals surface area contributed by atoms with Gasteiger partial charge in [-0.2, -0.15) is 0 Å². The van der Waals surface area contributed by atoms with Gasteiger partial charge in [-0.1, -0.05) is 18.2 Å². The lowest BCUT2D eigenvalue weighted by Crippen LogP contribution is -2.45. The summed E-state index contributed by atoms with van der Waals surface area (Å²) in [6, 6.07) is 16.3. The number of amides is 2. The number of pyridine rings is 1. The van der Waals surface area contributed by atoms with Gasteiger partial charge in [-0.3, -0.25) is 14.6 Å². The zero-order valence-corrected chi connectivity index (χ0v) is 17.2. The van der Waals surface area contributed by atoms with Crippen molar-refractivity contribution in [3.63, 3.8) is 0 Å². The van der Waals surface area contributed by atoms with Crippen LogP contribution in [0.4, 0.5) is 5.69 Å². The molecule has 0 saturated heterocycles. The van der Waals surface area contributed by atoms with Crippen LogP contribution in [0.2, 0.25) is 0 Å². The molecule has 0 spiro atoms. The van der Waals surface area contributed by atoms with E-state index in [1.807, 2.05) is 48.5 Å². The Bertz CT molecular complexity index is 1100. The molecule has 0 radical (unpaired) electrons. The number of anilines is 1. The number of hydrogen-bond acceptors (Lipinski definition) is 4. The monoisotopic (exact) mass is 401 g/mol. The van der Waals surface area contributed by atoms with Crippen molar-refractivity contribution in [2.75, 3.05) is 19.1 Å². The maximum absolute atomic E-state index is 13.5. The number of likely N-dealkylation sites (N-methyl/N-ethyl adjacent to an activating group) is 1. The van der Waals surface area contributed by atoms with E-state index >= 15 is 0 Å². The molecule has 30 heavy (non-hydrogen) atoms. The van der Waals surface area contributed by atoms with Crippen LogP contribution in [0.5, 0.6) is 5.75 Å². The number of methoxy groups -OCH3 is 1. The topological polar surface area (TPSA) is 62.7 Å². The number of ether oxygens (including phenoxy) is 1. The van der Waals surface area contributed by atoms with Crippen LogP contribution >= 0.6 is 0 Å². The molecule has 1 atom stereocenters. The Labute approximate surface area is 175 Å². The largest absolute Gasteiger partial charge is 0.497 e. The predicted octanol–water partition coefficient (Wildman–Crippen LogP) is 3.76. The molecule has 152 valence electrons. The highest BCUT2D eigenvalue weighted by atomic mass is 16.5. The quantitative estimate of drug-likeness (QED) is 0.668. The van der Waals surface area contributed by atoms with Gasteiger partial charge in [0.05, 0.1) is 18.4 Å². The first-order chi connectivity index (χ1) is 14.5. The van der Waals surface area contributed by atoms with Crippen molar-refractivity contribution in [3.8, 4) is 16.9 Å². The van der Waals surface area contributed by atoms with Crippen LogP contribution in [-0.4, -0.2) is 41.9 Å². The van der Waals surface area contributed by atoms with Crippen LogP contribution in [0.3, 0.4) is 0 Å². The maximum atomic E-state index is 13.5. The summed E-state index contributed by atoms with van der Waals surface area (Å²) in [6.45, 7) is 2.09. The van der Waals surface area contributed by atoms with Crippen molar-refractivity contribution in [2.45, 2.75) is 19.5 Å². The van der Waals surface area contributed by atoms with Gasteiger partial charge in [-0.25, -0.2) is 0 Å². The minimum Gasteiger partial charge on any atom is -0.497 e. The summed E-state index contributed by atoms with van der Waals surface area (Å²) in [5.74, 6) is 0.421. The Morgan fingerprint density at radius 3 is 2.50 bits per heavy atom. The Kier molecular flexibility index (Phi) is 5.23. The van der Waals surface area contributed by atoms with E-state index in [2.05, 4.69) is 4.98 Å². The summed E-state index contributed by atoms with van der Waals surface area (Å²) >= 11 is 0. The van der Waals surface area contributed by atoms with E-state index in [0.29, 0.717) is 23.5 Å². The van der Waals surface area contributed by atoms with E-state index in [9.17, 15) is 9.59 Å². The fourth-order valence-electron chi connectivity index (χ4n) is 3.75. The molecular weight excluding hydrogens is 378 g/mol. The van der Waals surface area contributed by atoms with Crippen LogP contribution in [0.1, 0.15) is 22.8 Å². The van der Waals surface area contributed by atoms with Gasteiger partial charge in [-0.05, 0) is 60.0 Å². The second-order valence-electron chi connectivity index (χ2n) is 7.33. The molecule has 0 unspecified atom stereocenters. The molecule has 1 aromatic heterocycles. The third kappa shape index (κ3) is 3.52. The average molecular weight is 401 g/mol. The Balaban J connectivity index is 1.74. The van der Waals surface area contributed by atoms with Gasteiger partial charge in [0.15, 0.2) is 0 Å². The summed E-state index contributed by atoms with van der Waals surface area (Å²) < 4.78 is 5.29. The Hall–Kier alpha value is -3.67. The van der Waals surface area contributed by atoms with Crippen molar-refractivity contribution in [1.29, 1.82) is 0 Å². The van der Waals surface area contributed by atoms with Gasteiger partial charge in [0.2, 0.25) is 5.91 Å². The molecule has 0 N–H and O–H groups in total. The van der Waals surface area contributed by atoms with E-state index in [1.165, 1.54) is 0 Å².